The number of hydrogen-bond donors (Lipinski definition) is 0. The molecule has 0 N–H and O–H groups in total. The average Bonchev–Trinajstić information content (AvgIpc) is 3.01. The number of rotatable bonds is 3. The summed E-state index contributed by atoms with van der Waals surface area (Å²) >= 11 is 0. The molecule has 0 saturated carbocycles. The van der Waals surface area contributed by atoms with Crippen molar-refractivity contribution in [3.05, 3.63) is 101 Å². The van der Waals surface area contributed by atoms with Crippen LogP contribution in [0.15, 0.2) is 84.5 Å². The second kappa shape index (κ2) is 15.0. The average molecular weight is 405 g/mol. The molecule has 2 aromatic carbocycles. The third kappa shape index (κ3) is 8.61. The molecule has 0 unspecified atom stereocenters. The summed E-state index contributed by atoms with van der Waals surface area (Å²) in [6.45, 7) is 12.0. The van der Waals surface area contributed by atoms with Gasteiger partial charge in [-0.2, -0.15) is 0 Å². The van der Waals surface area contributed by atoms with Crippen LogP contribution in [-0.2, 0) is 4.79 Å². The first kappa shape index (κ1) is 27.1. The van der Waals surface area contributed by atoms with Gasteiger partial charge in [-0.1, -0.05) is 112 Å². The molecule has 0 fully saturated rings. The lowest BCUT2D eigenvalue weighted by Gasteiger charge is -2.10. The molecule has 1 aliphatic rings. The van der Waals surface area contributed by atoms with Gasteiger partial charge in [0.25, 0.3) is 0 Å². The van der Waals surface area contributed by atoms with Gasteiger partial charge < -0.3 is 0 Å². The molecular weight excluding hydrogens is 364 g/mol. The quantitative estimate of drug-likeness (QED) is 0.499. The Bertz CT molecular complexity index is 914. The van der Waals surface area contributed by atoms with Crippen LogP contribution in [0.3, 0.4) is 0 Å². The normalized spacial score (nSPS) is 11.9. The van der Waals surface area contributed by atoms with Crippen LogP contribution < -0.4 is 0 Å². The first-order valence-corrected chi connectivity index (χ1v) is 10.4. The van der Waals surface area contributed by atoms with E-state index in [2.05, 4.69) is 75.4 Å². The maximum Gasteiger partial charge on any atom is 0.156 e. The number of benzene rings is 2. The topological polar surface area (TPSA) is 17.1 Å². The summed E-state index contributed by atoms with van der Waals surface area (Å²) in [5.41, 5.74) is 7.43. The van der Waals surface area contributed by atoms with Crippen molar-refractivity contribution >= 4 is 11.9 Å². The lowest BCUT2D eigenvalue weighted by Crippen LogP contribution is -1.93. The van der Waals surface area contributed by atoms with Crippen LogP contribution in [0.2, 0.25) is 0 Å². The molecule has 0 aliphatic heterocycles. The zero-order chi connectivity index (χ0) is 21.6. The van der Waals surface area contributed by atoms with Crippen LogP contribution in [-0.4, -0.2) is 5.78 Å². The lowest BCUT2D eigenvalue weighted by molar-refractivity contribution is -0.113. The summed E-state index contributed by atoms with van der Waals surface area (Å²) in [4.78, 5) is 10.8. The van der Waals surface area contributed by atoms with Gasteiger partial charge >= 0.3 is 0 Å². The predicted octanol–water partition coefficient (Wildman–Crippen LogP) is 8.93. The Morgan fingerprint density at radius 1 is 1.00 bits per heavy atom. The van der Waals surface area contributed by atoms with Crippen LogP contribution in [0.25, 0.3) is 17.2 Å². The molecule has 0 spiro atoms. The minimum absolute atomic E-state index is 0. The number of carbonyl (C=O) groups is 1. The first-order valence-electron chi connectivity index (χ1n) is 10.4. The molecule has 1 aliphatic carbocycles. The molecule has 3 rings (SSSR count). The highest BCUT2D eigenvalue weighted by Gasteiger charge is 2.05. The van der Waals surface area contributed by atoms with Gasteiger partial charge in [0.05, 0.1) is 0 Å². The monoisotopic (exact) mass is 404 g/mol. The standard InChI is InChI=1S/C17H18.C9H10O.C2H6.CH4.H2/c1-4-7-16-14(3)9-6-11-17(16)15-10-5-8-13(2)12-15;1-8(10)9-6-4-2-3-5-7-9;1-2;;/h4-12H,1-3H3;2-6H,7H2,1H3;1-2H3;1H4;1H/b7-4-;;;;. The number of Topliss-reactive ketones (excluding diaryl/α,β-unsaturated/α-hetero) is 1. The molecule has 0 atom stereocenters. The Hall–Kier alpha value is -2.93. The Balaban J connectivity index is 0. The van der Waals surface area contributed by atoms with Gasteiger partial charge in [-0.3, -0.25) is 4.79 Å². The van der Waals surface area contributed by atoms with Gasteiger partial charge in [0.15, 0.2) is 5.78 Å². The van der Waals surface area contributed by atoms with Crippen molar-refractivity contribution in [1.29, 1.82) is 0 Å². The molecule has 0 bridgehead atoms. The predicted molar refractivity (Wildman–Crippen MR) is 138 cm³/mol. The molecule has 1 heteroatoms. The number of hydrogen-bond acceptors (Lipinski definition) is 1. The van der Waals surface area contributed by atoms with E-state index in [1.165, 1.54) is 27.8 Å². The minimum atomic E-state index is 0. The molecule has 0 radical (unpaired) electrons. The van der Waals surface area contributed by atoms with Gasteiger partial charge in [-0.15, -0.1) is 0 Å². The summed E-state index contributed by atoms with van der Waals surface area (Å²) in [5, 5.41) is 0. The maximum absolute atomic E-state index is 10.8. The number of carbonyl (C=O) groups excluding carboxylic acids is 1. The van der Waals surface area contributed by atoms with E-state index in [0.29, 0.717) is 0 Å². The molecule has 0 amide bonds. The van der Waals surface area contributed by atoms with Crippen molar-refractivity contribution in [3.8, 4) is 11.1 Å². The molecule has 2 aromatic rings. The van der Waals surface area contributed by atoms with Crippen molar-refractivity contribution in [3.63, 3.8) is 0 Å². The second-order valence-electron chi connectivity index (χ2n) is 6.67. The van der Waals surface area contributed by atoms with Crippen molar-refractivity contribution in [1.82, 2.24) is 0 Å². The number of aryl methyl sites for hydroxylation is 2. The van der Waals surface area contributed by atoms with E-state index in [-0.39, 0.29) is 14.6 Å². The van der Waals surface area contributed by atoms with E-state index in [1.807, 2.05) is 44.2 Å². The molecule has 1 nitrogen and oxygen atoms in total. The van der Waals surface area contributed by atoms with Gasteiger partial charge in [-0.05, 0) is 61.9 Å². The zero-order valence-electron chi connectivity index (χ0n) is 18.7. The summed E-state index contributed by atoms with van der Waals surface area (Å²) in [7, 11) is 0. The smallest absolute Gasteiger partial charge is 0.156 e. The Labute approximate surface area is 186 Å². The highest BCUT2D eigenvalue weighted by Crippen LogP contribution is 2.27. The second-order valence-corrected chi connectivity index (χ2v) is 6.67. The zero-order valence-corrected chi connectivity index (χ0v) is 18.7. The van der Waals surface area contributed by atoms with Crippen molar-refractivity contribution < 1.29 is 6.22 Å². The van der Waals surface area contributed by atoms with Crippen LogP contribution in [0, 0.1) is 13.8 Å². The highest BCUT2D eigenvalue weighted by molar-refractivity contribution is 5.93. The molecule has 0 heterocycles. The Morgan fingerprint density at radius 3 is 2.33 bits per heavy atom. The number of ketones is 1. The fourth-order valence-corrected chi connectivity index (χ4v) is 2.97. The van der Waals surface area contributed by atoms with Gasteiger partial charge in [-0.25, -0.2) is 0 Å². The summed E-state index contributed by atoms with van der Waals surface area (Å²) < 4.78 is 0. The van der Waals surface area contributed by atoms with E-state index in [9.17, 15) is 4.79 Å². The van der Waals surface area contributed by atoms with Crippen LogP contribution in [0.4, 0.5) is 0 Å². The summed E-state index contributed by atoms with van der Waals surface area (Å²) in [6, 6.07) is 15.1. The van der Waals surface area contributed by atoms with Crippen molar-refractivity contribution in [2.45, 2.75) is 55.4 Å². The van der Waals surface area contributed by atoms with E-state index < -0.39 is 0 Å². The molecule has 30 heavy (non-hydrogen) atoms. The minimum Gasteiger partial charge on any atom is -0.295 e. The largest absolute Gasteiger partial charge is 0.295 e. The SMILES string of the molecule is C.C/C=C\c1c(C)cccc1-c1cccc(C)c1.CC.CC(=O)C1=CC=CC=CC1.[HH]. The Kier molecular flexibility index (Phi) is 13.5. The first-order chi connectivity index (χ1) is 14.0. The Morgan fingerprint density at radius 2 is 1.70 bits per heavy atom. The van der Waals surface area contributed by atoms with Crippen LogP contribution >= 0.6 is 0 Å². The highest BCUT2D eigenvalue weighted by atomic mass is 16.1. The fourth-order valence-electron chi connectivity index (χ4n) is 2.97. The van der Waals surface area contributed by atoms with Gasteiger partial charge in [0.1, 0.15) is 0 Å². The van der Waals surface area contributed by atoms with Crippen LogP contribution in [0.5, 0.6) is 0 Å². The molecule has 162 valence electrons. The van der Waals surface area contributed by atoms with E-state index >= 15 is 0 Å². The van der Waals surface area contributed by atoms with E-state index in [4.69, 9.17) is 0 Å². The third-order valence-corrected chi connectivity index (χ3v) is 4.43. The van der Waals surface area contributed by atoms with Gasteiger partial charge in [0, 0.05) is 1.43 Å². The van der Waals surface area contributed by atoms with Crippen LogP contribution in [0.1, 0.15) is 59.7 Å². The van der Waals surface area contributed by atoms with E-state index in [1.54, 1.807) is 6.92 Å². The fraction of sp³-hybridized carbons (Fsp3) is 0.276. The molecule has 0 saturated heterocycles. The van der Waals surface area contributed by atoms with Gasteiger partial charge in [0.2, 0.25) is 0 Å². The number of allylic oxidation sites excluding steroid dienone is 7. The van der Waals surface area contributed by atoms with Crippen molar-refractivity contribution in [2.24, 2.45) is 0 Å². The molecular formula is C29H40O. The summed E-state index contributed by atoms with van der Waals surface area (Å²) in [6.07, 6.45) is 14.7. The third-order valence-electron chi connectivity index (χ3n) is 4.43. The lowest BCUT2D eigenvalue weighted by atomic mass is 9.95. The van der Waals surface area contributed by atoms with E-state index in [0.717, 1.165) is 12.0 Å². The summed E-state index contributed by atoms with van der Waals surface area (Å²) in [5.74, 6) is 0.163. The molecule has 0 aromatic heterocycles. The maximum atomic E-state index is 10.8. The van der Waals surface area contributed by atoms with Crippen molar-refractivity contribution in [2.75, 3.05) is 0 Å².